The van der Waals surface area contributed by atoms with Crippen molar-refractivity contribution in [2.24, 2.45) is 5.92 Å². The molecule has 0 aromatic heterocycles. The molecule has 1 aliphatic carbocycles. The number of carbonyl (C=O) groups excluding carboxylic acids is 1. The summed E-state index contributed by atoms with van der Waals surface area (Å²) in [5.74, 6) is 1.23. The minimum Gasteiger partial charge on any atom is -0.482 e. The topological polar surface area (TPSA) is 53.3 Å². The van der Waals surface area contributed by atoms with Crippen molar-refractivity contribution in [1.82, 2.24) is 4.90 Å². The highest BCUT2D eigenvalue weighted by atomic mass is 16.5. The van der Waals surface area contributed by atoms with Crippen LogP contribution in [0.5, 0.6) is 5.75 Å². The first-order valence-electron chi connectivity index (χ1n) is 8.21. The predicted octanol–water partition coefficient (Wildman–Crippen LogP) is 3.12. The molecule has 3 rings (SSSR count). The number of piperidine rings is 1. The number of benzene rings is 1. The van der Waals surface area contributed by atoms with Crippen molar-refractivity contribution in [3.8, 4) is 11.8 Å². The molecule has 1 saturated heterocycles. The van der Waals surface area contributed by atoms with Crippen molar-refractivity contribution < 1.29 is 9.53 Å². The maximum atomic E-state index is 12.5. The summed E-state index contributed by atoms with van der Waals surface area (Å²) in [4.78, 5) is 14.6. The summed E-state index contributed by atoms with van der Waals surface area (Å²) >= 11 is 0. The van der Waals surface area contributed by atoms with E-state index in [1.165, 1.54) is 25.7 Å². The highest BCUT2D eigenvalue weighted by Gasteiger charge is 2.35. The van der Waals surface area contributed by atoms with E-state index < -0.39 is 0 Å². The lowest BCUT2D eigenvalue weighted by atomic mass is 9.78. The number of rotatable bonds is 3. The van der Waals surface area contributed by atoms with Crippen LogP contribution in [0.2, 0.25) is 0 Å². The Kier molecular flexibility index (Phi) is 4.62. The van der Waals surface area contributed by atoms with E-state index in [1.54, 1.807) is 18.2 Å². The Balaban J connectivity index is 1.63. The standard InChI is InChI=1S/C18H22N2O2/c19-12-15-7-2-4-10-17(15)22-13-18(21)20-11-5-8-14-6-1-3-9-16(14)20/h2,4,7,10,14,16H,1,3,5-6,8-9,11,13H2/t14-,16+/m1/s1. The molecule has 22 heavy (non-hydrogen) atoms. The molecular formula is C18H22N2O2. The second kappa shape index (κ2) is 6.83. The SMILES string of the molecule is N#Cc1ccccc1OCC(=O)N1CCC[C@H]2CCCC[C@@H]21. The molecule has 1 aliphatic heterocycles. The average molecular weight is 298 g/mol. The number of amides is 1. The Labute approximate surface area is 131 Å². The van der Waals surface area contributed by atoms with E-state index >= 15 is 0 Å². The fourth-order valence-corrected chi connectivity index (χ4v) is 3.84. The summed E-state index contributed by atoms with van der Waals surface area (Å²) in [5, 5.41) is 9.06. The zero-order valence-electron chi connectivity index (χ0n) is 12.8. The van der Waals surface area contributed by atoms with Crippen LogP contribution in [-0.2, 0) is 4.79 Å². The molecule has 4 heteroatoms. The first kappa shape index (κ1) is 14.9. The lowest BCUT2D eigenvalue weighted by Gasteiger charge is -2.44. The number of likely N-dealkylation sites (tertiary alicyclic amines) is 1. The quantitative estimate of drug-likeness (QED) is 0.861. The zero-order valence-corrected chi connectivity index (χ0v) is 12.8. The smallest absolute Gasteiger partial charge is 0.260 e. The number of carbonyl (C=O) groups is 1. The van der Waals surface area contributed by atoms with Gasteiger partial charge in [0.2, 0.25) is 0 Å². The van der Waals surface area contributed by atoms with Gasteiger partial charge in [-0.15, -0.1) is 0 Å². The van der Waals surface area contributed by atoms with E-state index in [0.29, 0.717) is 23.3 Å². The molecular weight excluding hydrogens is 276 g/mol. The van der Waals surface area contributed by atoms with E-state index in [-0.39, 0.29) is 12.5 Å². The third-order valence-electron chi connectivity index (χ3n) is 4.92. The number of nitriles is 1. The van der Waals surface area contributed by atoms with Crippen molar-refractivity contribution in [2.45, 2.75) is 44.6 Å². The van der Waals surface area contributed by atoms with Gasteiger partial charge < -0.3 is 9.64 Å². The fourth-order valence-electron chi connectivity index (χ4n) is 3.84. The lowest BCUT2D eigenvalue weighted by Crippen LogP contribution is -2.51. The first-order valence-corrected chi connectivity index (χ1v) is 8.21. The van der Waals surface area contributed by atoms with Crippen molar-refractivity contribution >= 4 is 5.91 Å². The second-order valence-corrected chi connectivity index (χ2v) is 6.24. The van der Waals surface area contributed by atoms with Crippen LogP contribution in [0.4, 0.5) is 0 Å². The van der Waals surface area contributed by atoms with Gasteiger partial charge in [0.15, 0.2) is 6.61 Å². The van der Waals surface area contributed by atoms with Gasteiger partial charge in [-0.3, -0.25) is 4.79 Å². The Hall–Kier alpha value is -2.02. The summed E-state index contributed by atoms with van der Waals surface area (Å²) in [7, 11) is 0. The van der Waals surface area contributed by atoms with Crippen molar-refractivity contribution in [3.63, 3.8) is 0 Å². The number of para-hydroxylation sites is 1. The number of nitrogens with zero attached hydrogens (tertiary/aromatic N) is 2. The Morgan fingerprint density at radius 1 is 1.23 bits per heavy atom. The molecule has 1 aromatic rings. The third kappa shape index (κ3) is 3.09. The summed E-state index contributed by atoms with van der Waals surface area (Å²) in [6.45, 7) is 0.880. The predicted molar refractivity (Wildman–Crippen MR) is 83.3 cm³/mol. The van der Waals surface area contributed by atoms with Crippen LogP contribution < -0.4 is 4.74 Å². The van der Waals surface area contributed by atoms with Crippen LogP contribution in [0.25, 0.3) is 0 Å². The molecule has 1 amide bonds. The fraction of sp³-hybridized carbons (Fsp3) is 0.556. The number of fused-ring (bicyclic) bond motifs is 1. The average Bonchev–Trinajstić information content (AvgIpc) is 2.59. The van der Waals surface area contributed by atoms with Gasteiger partial charge in [0, 0.05) is 12.6 Å². The van der Waals surface area contributed by atoms with Crippen molar-refractivity contribution in [2.75, 3.05) is 13.2 Å². The Bertz CT molecular complexity index is 577. The van der Waals surface area contributed by atoms with Crippen LogP contribution >= 0.6 is 0 Å². The van der Waals surface area contributed by atoms with Gasteiger partial charge in [0.25, 0.3) is 5.91 Å². The van der Waals surface area contributed by atoms with E-state index in [0.717, 1.165) is 19.4 Å². The molecule has 1 aromatic carbocycles. The number of hydrogen-bond acceptors (Lipinski definition) is 3. The van der Waals surface area contributed by atoms with Gasteiger partial charge in [0.1, 0.15) is 11.8 Å². The van der Waals surface area contributed by atoms with Crippen LogP contribution in [0.15, 0.2) is 24.3 Å². The van der Waals surface area contributed by atoms with Gasteiger partial charge in [-0.25, -0.2) is 0 Å². The minimum absolute atomic E-state index is 0.0297. The molecule has 4 nitrogen and oxygen atoms in total. The molecule has 1 heterocycles. The maximum Gasteiger partial charge on any atom is 0.260 e. The van der Waals surface area contributed by atoms with Crippen LogP contribution in [0.3, 0.4) is 0 Å². The first-order chi connectivity index (χ1) is 10.8. The molecule has 0 radical (unpaired) electrons. The maximum absolute atomic E-state index is 12.5. The van der Waals surface area contributed by atoms with E-state index in [4.69, 9.17) is 10.00 Å². The minimum atomic E-state index is 0.0297. The van der Waals surface area contributed by atoms with Gasteiger partial charge in [-0.2, -0.15) is 5.26 Å². The largest absolute Gasteiger partial charge is 0.482 e. The lowest BCUT2D eigenvalue weighted by molar-refractivity contribution is -0.139. The van der Waals surface area contributed by atoms with Crippen LogP contribution in [-0.4, -0.2) is 30.0 Å². The number of ether oxygens (including phenoxy) is 1. The summed E-state index contributed by atoms with van der Waals surface area (Å²) in [5.41, 5.74) is 0.476. The normalized spacial score (nSPS) is 24.2. The van der Waals surface area contributed by atoms with E-state index in [2.05, 4.69) is 6.07 Å². The molecule has 2 atom stereocenters. The molecule has 1 saturated carbocycles. The van der Waals surface area contributed by atoms with E-state index in [9.17, 15) is 4.79 Å². The highest BCUT2D eigenvalue weighted by Crippen LogP contribution is 2.35. The van der Waals surface area contributed by atoms with Crippen LogP contribution in [0.1, 0.15) is 44.1 Å². The highest BCUT2D eigenvalue weighted by molar-refractivity contribution is 5.78. The van der Waals surface area contributed by atoms with Crippen molar-refractivity contribution in [3.05, 3.63) is 29.8 Å². The van der Waals surface area contributed by atoms with E-state index in [1.807, 2.05) is 11.0 Å². The molecule has 0 spiro atoms. The molecule has 0 unspecified atom stereocenters. The summed E-state index contributed by atoms with van der Waals surface area (Å²) < 4.78 is 5.61. The summed E-state index contributed by atoms with van der Waals surface area (Å²) in [6, 6.07) is 9.56. The molecule has 116 valence electrons. The third-order valence-corrected chi connectivity index (χ3v) is 4.92. The Morgan fingerprint density at radius 3 is 2.86 bits per heavy atom. The monoisotopic (exact) mass is 298 g/mol. The van der Waals surface area contributed by atoms with Gasteiger partial charge in [0.05, 0.1) is 5.56 Å². The molecule has 0 N–H and O–H groups in total. The van der Waals surface area contributed by atoms with Gasteiger partial charge >= 0.3 is 0 Å². The second-order valence-electron chi connectivity index (χ2n) is 6.24. The summed E-state index contributed by atoms with van der Waals surface area (Å²) in [6.07, 6.45) is 7.27. The zero-order chi connectivity index (χ0) is 15.4. The van der Waals surface area contributed by atoms with Crippen LogP contribution in [0, 0.1) is 17.2 Å². The number of hydrogen-bond donors (Lipinski definition) is 0. The molecule has 0 bridgehead atoms. The molecule has 2 aliphatic rings. The van der Waals surface area contributed by atoms with Gasteiger partial charge in [-0.1, -0.05) is 25.0 Å². The van der Waals surface area contributed by atoms with Crippen molar-refractivity contribution in [1.29, 1.82) is 5.26 Å². The molecule has 2 fully saturated rings. The van der Waals surface area contributed by atoms with Gasteiger partial charge in [-0.05, 0) is 43.7 Å². The Morgan fingerprint density at radius 2 is 2.00 bits per heavy atom.